The van der Waals surface area contributed by atoms with Gasteiger partial charge >= 0.3 is 0 Å². The molecule has 0 spiro atoms. The number of halogens is 1. The molecular weight excluding hydrogens is 227 g/mol. The van der Waals surface area contributed by atoms with E-state index < -0.39 is 0 Å². The summed E-state index contributed by atoms with van der Waals surface area (Å²) in [7, 11) is 2.19. The lowest BCUT2D eigenvalue weighted by molar-refractivity contribution is 0.206. The molecule has 0 aliphatic carbocycles. The number of likely N-dealkylation sites (tertiary alicyclic amines) is 1. The summed E-state index contributed by atoms with van der Waals surface area (Å²) in [4.78, 5) is 2.40. The van der Waals surface area contributed by atoms with Gasteiger partial charge in [-0.05, 0) is 63.5 Å². The van der Waals surface area contributed by atoms with Crippen LogP contribution in [0.1, 0.15) is 18.4 Å². The first-order chi connectivity index (χ1) is 8.75. The van der Waals surface area contributed by atoms with Gasteiger partial charge in [0.05, 0.1) is 0 Å². The number of benzene rings is 1. The van der Waals surface area contributed by atoms with Crippen LogP contribution in [-0.2, 0) is 6.42 Å². The average molecular weight is 250 g/mol. The van der Waals surface area contributed by atoms with Crippen molar-refractivity contribution in [3.63, 3.8) is 0 Å². The molecule has 0 amide bonds. The first-order valence-electron chi connectivity index (χ1n) is 6.88. The summed E-state index contributed by atoms with van der Waals surface area (Å²) in [6.45, 7) is 4.33. The lowest BCUT2D eigenvalue weighted by Gasteiger charge is -2.29. The van der Waals surface area contributed by atoms with Crippen LogP contribution in [0.2, 0.25) is 0 Å². The summed E-state index contributed by atoms with van der Waals surface area (Å²) in [5.41, 5.74) is 0.811. The fraction of sp³-hybridized carbons (Fsp3) is 0.600. The van der Waals surface area contributed by atoms with Gasteiger partial charge in [0, 0.05) is 6.54 Å². The minimum absolute atomic E-state index is 0.0864. The Kier molecular flexibility index (Phi) is 5.14. The highest BCUT2D eigenvalue weighted by Gasteiger charge is 2.16. The summed E-state index contributed by atoms with van der Waals surface area (Å²) in [5.74, 6) is 0.668. The number of nitrogens with zero attached hydrogens (tertiary/aromatic N) is 1. The Morgan fingerprint density at radius 2 is 2.22 bits per heavy atom. The molecule has 0 saturated carbocycles. The molecule has 1 N–H and O–H groups in total. The van der Waals surface area contributed by atoms with E-state index in [1.54, 1.807) is 6.07 Å². The Morgan fingerprint density at radius 1 is 1.39 bits per heavy atom. The second-order valence-corrected chi connectivity index (χ2v) is 5.32. The molecule has 1 unspecified atom stereocenters. The van der Waals surface area contributed by atoms with Crippen molar-refractivity contribution in [3.05, 3.63) is 35.6 Å². The third kappa shape index (κ3) is 4.07. The molecule has 1 fully saturated rings. The molecule has 0 radical (unpaired) electrons. The van der Waals surface area contributed by atoms with E-state index in [1.807, 2.05) is 12.1 Å². The second kappa shape index (κ2) is 6.86. The van der Waals surface area contributed by atoms with Crippen molar-refractivity contribution in [3.8, 4) is 0 Å². The van der Waals surface area contributed by atoms with Gasteiger partial charge in [-0.25, -0.2) is 4.39 Å². The Morgan fingerprint density at radius 3 is 3.00 bits per heavy atom. The molecule has 1 heterocycles. The monoisotopic (exact) mass is 250 g/mol. The predicted octanol–water partition coefficient (Wildman–Crippen LogP) is 2.30. The Hall–Kier alpha value is -0.930. The molecule has 18 heavy (non-hydrogen) atoms. The van der Waals surface area contributed by atoms with Gasteiger partial charge < -0.3 is 10.2 Å². The second-order valence-electron chi connectivity index (χ2n) is 5.32. The average Bonchev–Trinajstić information content (AvgIpc) is 2.37. The van der Waals surface area contributed by atoms with E-state index in [-0.39, 0.29) is 5.82 Å². The van der Waals surface area contributed by atoms with E-state index in [1.165, 1.54) is 32.0 Å². The largest absolute Gasteiger partial charge is 0.316 e. The van der Waals surface area contributed by atoms with Crippen molar-refractivity contribution in [2.75, 3.05) is 33.2 Å². The maximum absolute atomic E-state index is 13.4. The number of nitrogens with one attached hydrogen (secondary N) is 1. The van der Waals surface area contributed by atoms with E-state index in [4.69, 9.17) is 0 Å². The summed E-state index contributed by atoms with van der Waals surface area (Å²) in [6.07, 6.45) is 3.39. The first kappa shape index (κ1) is 13.5. The topological polar surface area (TPSA) is 15.3 Å². The molecule has 0 bridgehead atoms. The number of rotatable bonds is 5. The third-order valence-corrected chi connectivity index (χ3v) is 3.68. The van der Waals surface area contributed by atoms with Crippen LogP contribution in [0, 0.1) is 11.7 Å². The van der Waals surface area contributed by atoms with Crippen molar-refractivity contribution in [1.82, 2.24) is 10.2 Å². The van der Waals surface area contributed by atoms with E-state index in [9.17, 15) is 4.39 Å². The highest BCUT2D eigenvalue weighted by atomic mass is 19.1. The molecule has 1 atom stereocenters. The van der Waals surface area contributed by atoms with Crippen molar-refractivity contribution in [2.24, 2.45) is 5.92 Å². The zero-order chi connectivity index (χ0) is 12.8. The number of piperidine rings is 1. The number of hydrogen-bond donors (Lipinski definition) is 1. The fourth-order valence-electron chi connectivity index (χ4n) is 2.67. The minimum atomic E-state index is -0.0864. The maximum atomic E-state index is 13.4. The van der Waals surface area contributed by atoms with Gasteiger partial charge in [-0.1, -0.05) is 18.2 Å². The smallest absolute Gasteiger partial charge is 0.126 e. The van der Waals surface area contributed by atoms with Gasteiger partial charge in [-0.3, -0.25) is 0 Å². The van der Waals surface area contributed by atoms with Crippen LogP contribution in [-0.4, -0.2) is 38.1 Å². The van der Waals surface area contributed by atoms with Gasteiger partial charge in [0.25, 0.3) is 0 Å². The van der Waals surface area contributed by atoms with Crippen molar-refractivity contribution < 1.29 is 4.39 Å². The zero-order valence-electron chi connectivity index (χ0n) is 11.2. The van der Waals surface area contributed by atoms with Crippen LogP contribution >= 0.6 is 0 Å². The Bertz CT molecular complexity index is 367. The van der Waals surface area contributed by atoms with E-state index in [0.29, 0.717) is 0 Å². The predicted molar refractivity (Wildman–Crippen MR) is 73.2 cm³/mol. The third-order valence-electron chi connectivity index (χ3n) is 3.68. The summed E-state index contributed by atoms with van der Waals surface area (Å²) in [5, 5.41) is 3.46. The van der Waals surface area contributed by atoms with Crippen molar-refractivity contribution in [1.29, 1.82) is 0 Å². The quantitative estimate of drug-likeness (QED) is 0.807. The standard InChI is InChI=1S/C15H23FN2/c1-18-10-4-5-13(12-18)11-17-9-8-14-6-2-3-7-15(14)16/h2-3,6-7,13,17H,4-5,8-12H2,1H3. The molecule has 100 valence electrons. The summed E-state index contributed by atoms with van der Waals surface area (Å²) >= 11 is 0. The fourth-order valence-corrected chi connectivity index (χ4v) is 2.67. The molecule has 1 aromatic carbocycles. The Labute approximate surface area is 109 Å². The van der Waals surface area contributed by atoms with Gasteiger partial charge in [-0.15, -0.1) is 0 Å². The summed E-state index contributed by atoms with van der Waals surface area (Å²) < 4.78 is 13.4. The van der Waals surface area contributed by atoms with Gasteiger partial charge in [-0.2, -0.15) is 0 Å². The lowest BCUT2D eigenvalue weighted by Crippen LogP contribution is -2.37. The zero-order valence-corrected chi connectivity index (χ0v) is 11.2. The molecule has 1 aliphatic rings. The highest BCUT2D eigenvalue weighted by Crippen LogP contribution is 2.14. The van der Waals surface area contributed by atoms with Crippen molar-refractivity contribution in [2.45, 2.75) is 19.3 Å². The normalized spacial score (nSPS) is 21.1. The van der Waals surface area contributed by atoms with Crippen LogP contribution in [0.4, 0.5) is 4.39 Å². The van der Waals surface area contributed by atoms with E-state index >= 15 is 0 Å². The van der Waals surface area contributed by atoms with Gasteiger partial charge in [0.15, 0.2) is 0 Å². The molecule has 2 nitrogen and oxygen atoms in total. The van der Waals surface area contributed by atoms with Crippen molar-refractivity contribution >= 4 is 0 Å². The van der Waals surface area contributed by atoms with Crippen LogP contribution in [0.15, 0.2) is 24.3 Å². The molecule has 2 rings (SSSR count). The molecule has 1 aromatic rings. The first-order valence-corrected chi connectivity index (χ1v) is 6.88. The lowest BCUT2D eigenvalue weighted by atomic mass is 9.98. The van der Waals surface area contributed by atoms with Crippen LogP contribution in [0.3, 0.4) is 0 Å². The van der Waals surface area contributed by atoms with E-state index in [0.717, 1.165) is 31.0 Å². The molecule has 1 aliphatic heterocycles. The number of hydrogen-bond acceptors (Lipinski definition) is 2. The van der Waals surface area contributed by atoms with Gasteiger partial charge in [0.2, 0.25) is 0 Å². The molecular formula is C15H23FN2. The summed E-state index contributed by atoms with van der Waals surface area (Å²) in [6, 6.07) is 7.04. The van der Waals surface area contributed by atoms with Crippen LogP contribution in [0.5, 0.6) is 0 Å². The molecule has 1 saturated heterocycles. The van der Waals surface area contributed by atoms with Gasteiger partial charge in [0.1, 0.15) is 5.82 Å². The van der Waals surface area contributed by atoms with E-state index in [2.05, 4.69) is 17.3 Å². The Balaban J connectivity index is 1.65. The minimum Gasteiger partial charge on any atom is -0.316 e. The maximum Gasteiger partial charge on any atom is 0.126 e. The highest BCUT2D eigenvalue weighted by molar-refractivity contribution is 5.17. The van der Waals surface area contributed by atoms with Crippen LogP contribution in [0.25, 0.3) is 0 Å². The molecule has 0 aromatic heterocycles. The van der Waals surface area contributed by atoms with Crippen LogP contribution < -0.4 is 5.32 Å². The molecule has 3 heteroatoms. The SMILES string of the molecule is CN1CCCC(CNCCc2ccccc2F)C1.